The summed E-state index contributed by atoms with van der Waals surface area (Å²) in [5.41, 5.74) is 9.66. The molecular formula is C8H10Cl3N3O3. The van der Waals surface area contributed by atoms with Gasteiger partial charge in [-0.15, -0.1) is 0 Å². The third kappa shape index (κ3) is 4.53. The highest BCUT2D eigenvalue weighted by Gasteiger charge is 2.18. The molecule has 0 aliphatic heterocycles. The molecule has 1 rings (SSSR count). The smallest absolute Gasteiger partial charge is 0.356 e. The van der Waals surface area contributed by atoms with Crippen LogP contribution in [0.3, 0.4) is 0 Å². The Bertz CT molecular complexity index is 413. The number of aliphatic hydroxyl groups is 1. The van der Waals surface area contributed by atoms with Crippen LogP contribution in [-0.2, 0) is 0 Å². The molecule has 1 aromatic heterocycles. The van der Waals surface area contributed by atoms with Crippen LogP contribution in [0, 0.1) is 0 Å². The van der Waals surface area contributed by atoms with Gasteiger partial charge in [0.25, 0.3) is 0 Å². The molecule has 1 heterocycles. The number of anilines is 1. The Morgan fingerprint density at radius 3 is 2.12 bits per heavy atom. The fourth-order valence-electron chi connectivity index (χ4n) is 0.673. The lowest BCUT2D eigenvalue weighted by molar-refractivity contribution is 0.0691. The summed E-state index contributed by atoms with van der Waals surface area (Å²) in [4.78, 5) is 14.0. The molecule has 0 aliphatic carbocycles. The van der Waals surface area contributed by atoms with Gasteiger partial charge in [0.05, 0.1) is 17.3 Å². The molecule has 1 aromatic rings. The summed E-state index contributed by atoms with van der Waals surface area (Å²) >= 11 is 16.6. The minimum absolute atomic E-state index is 0.0448. The Balaban J connectivity index is 0.000000557. The second kappa shape index (κ2) is 7.52. The molecule has 6 nitrogen and oxygen atoms in total. The fourth-order valence-corrected chi connectivity index (χ4v) is 1.26. The van der Waals surface area contributed by atoms with Gasteiger partial charge in [-0.25, -0.2) is 9.78 Å². The summed E-state index contributed by atoms with van der Waals surface area (Å²) in [6.45, 7) is 0.472. The lowest BCUT2D eigenvalue weighted by Gasteiger charge is -2.04. The standard InChI is InChI=1S/C6H3Cl3N2O2.C2H7NO/c7-1-3(10)2(8)5(9)11-4(1)6(12)13;3-1-2-4/h(H2,10,11)(H,12,13);4H,1-3H2. The number of aromatic carboxylic acids is 1. The van der Waals surface area contributed by atoms with Crippen molar-refractivity contribution in [3.05, 3.63) is 20.9 Å². The molecule has 96 valence electrons. The quantitative estimate of drug-likeness (QED) is 0.610. The molecule has 0 spiro atoms. The van der Waals surface area contributed by atoms with E-state index in [1.165, 1.54) is 0 Å². The maximum Gasteiger partial charge on any atom is 0.356 e. The first-order valence-corrected chi connectivity index (χ1v) is 5.34. The number of pyridine rings is 1. The van der Waals surface area contributed by atoms with E-state index in [0.29, 0.717) is 6.54 Å². The van der Waals surface area contributed by atoms with Gasteiger partial charge in [0, 0.05) is 6.54 Å². The van der Waals surface area contributed by atoms with Gasteiger partial charge in [0.15, 0.2) is 10.8 Å². The molecule has 0 radical (unpaired) electrons. The highest BCUT2D eigenvalue weighted by atomic mass is 35.5. The minimum atomic E-state index is -1.31. The number of nitrogens with zero attached hydrogens (tertiary/aromatic N) is 1. The van der Waals surface area contributed by atoms with Crippen molar-refractivity contribution in [3.8, 4) is 0 Å². The number of aliphatic hydroxyl groups excluding tert-OH is 1. The van der Waals surface area contributed by atoms with E-state index in [1.54, 1.807) is 0 Å². The molecule has 0 atom stereocenters. The van der Waals surface area contributed by atoms with E-state index in [9.17, 15) is 4.79 Å². The molecule has 0 amide bonds. The number of nitrogens with two attached hydrogens (primary N) is 2. The Morgan fingerprint density at radius 2 is 1.76 bits per heavy atom. The van der Waals surface area contributed by atoms with Crippen LogP contribution in [-0.4, -0.2) is 34.3 Å². The van der Waals surface area contributed by atoms with Gasteiger partial charge >= 0.3 is 5.97 Å². The largest absolute Gasteiger partial charge is 0.476 e. The highest BCUT2D eigenvalue weighted by molar-refractivity contribution is 6.46. The van der Waals surface area contributed by atoms with Crippen molar-refractivity contribution in [2.75, 3.05) is 18.9 Å². The predicted octanol–water partition coefficient (Wildman–Crippen LogP) is 1.26. The van der Waals surface area contributed by atoms with Gasteiger partial charge in [-0.1, -0.05) is 34.8 Å². The van der Waals surface area contributed by atoms with E-state index in [2.05, 4.69) is 4.98 Å². The number of hydrogen-bond donors (Lipinski definition) is 4. The average molecular weight is 303 g/mol. The van der Waals surface area contributed by atoms with Crippen LogP contribution >= 0.6 is 34.8 Å². The van der Waals surface area contributed by atoms with Gasteiger partial charge in [0.2, 0.25) is 0 Å². The van der Waals surface area contributed by atoms with Crippen molar-refractivity contribution in [1.82, 2.24) is 4.98 Å². The number of carboxylic acid groups (broad SMARTS) is 1. The molecule has 6 N–H and O–H groups in total. The second-order valence-electron chi connectivity index (χ2n) is 2.61. The van der Waals surface area contributed by atoms with E-state index in [1.807, 2.05) is 0 Å². The molecule has 0 aromatic carbocycles. The number of halogens is 3. The molecule has 0 bridgehead atoms. The van der Waals surface area contributed by atoms with Crippen LogP contribution in [0.5, 0.6) is 0 Å². The fraction of sp³-hybridized carbons (Fsp3) is 0.250. The molecule has 9 heteroatoms. The third-order valence-electron chi connectivity index (χ3n) is 1.40. The molecule has 17 heavy (non-hydrogen) atoms. The van der Waals surface area contributed by atoms with Gasteiger partial charge in [0.1, 0.15) is 5.02 Å². The number of aromatic nitrogens is 1. The number of rotatable bonds is 2. The van der Waals surface area contributed by atoms with Crippen LogP contribution in [0.2, 0.25) is 15.2 Å². The van der Waals surface area contributed by atoms with Crippen LogP contribution in [0.15, 0.2) is 0 Å². The van der Waals surface area contributed by atoms with Crippen molar-refractivity contribution >= 4 is 46.5 Å². The van der Waals surface area contributed by atoms with Gasteiger partial charge in [-0.2, -0.15) is 0 Å². The summed E-state index contributed by atoms with van der Waals surface area (Å²) in [5, 5.41) is 15.9. The Morgan fingerprint density at radius 1 is 1.29 bits per heavy atom. The van der Waals surface area contributed by atoms with Crippen LogP contribution in [0.25, 0.3) is 0 Å². The first-order chi connectivity index (χ1) is 7.86. The summed E-state index contributed by atoms with van der Waals surface area (Å²) in [6.07, 6.45) is 0. The average Bonchev–Trinajstić information content (AvgIpc) is 2.31. The van der Waals surface area contributed by atoms with Crippen molar-refractivity contribution in [1.29, 1.82) is 0 Å². The van der Waals surface area contributed by atoms with Crippen LogP contribution in [0.4, 0.5) is 5.69 Å². The van der Waals surface area contributed by atoms with E-state index < -0.39 is 11.7 Å². The number of nitrogen functional groups attached to an aromatic ring is 1. The molecule has 0 saturated heterocycles. The van der Waals surface area contributed by atoms with E-state index in [-0.39, 0.29) is 27.5 Å². The SMILES string of the molecule is NCCO.Nc1c(Cl)c(Cl)nc(C(=O)O)c1Cl. The Kier molecular flexibility index (Phi) is 7.17. The van der Waals surface area contributed by atoms with E-state index in [0.717, 1.165) is 0 Å². The molecule has 0 aliphatic rings. The normalized spacial score (nSPS) is 9.47. The van der Waals surface area contributed by atoms with Gasteiger partial charge in [-0.05, 0) is 0 Å². The molecule has 0 saturated carbocycles. The summed E-state index contributed by atoms with van der Waals surface area (Å²) < 4.78 is 0. The Labute approximate surface area is 112 Å². The van der Waals surface area contributed by atoms with E-state index >= 15 is 0 Å². The monoisotopic (exact) mass is 301 g/mol. The third-order valence-corrected chi connectivity index (χ3v) is 2.54. The zero-order valence-electron chi connectivity index (χ0n) is 8.45. The number of hydrogen-bond acceptors (Lipinski definition) is 5. The zero-order chi connectivity index (χ0) is 13.6. The lowest BCUT2D eigenvalue weighted by atomic mass is 10.3. The minimum Gasteiger partial charge on any atom is -0.476 e. The topological polar surface area (TPSA) is 122 Å². The van der Waals surface area contributed by atoms with Gasteiger partial charge < -0.3 is 21.7 Å². The summed E-state index contributed by atoms with van der Waals surface area (Å²) in [7, 11) is 0. The maximum atomic E-state index is 10.5. The molecular weight excluding hydrogens is 292 g/mol. The van der Waals surface area contributed by atoms with E-state index in [4.69, 9.17) is 56.5 Å². The van der Waals surface area contributed by atoms with Crippen molar-refractivity contribution in [2.24, 2.45) is 5.73 Å². The first-order valence-electron chi connectivity index (χ1n) is 4.21. The van der Waals surface area contributed by atoms with Crippen molar-refractivity contribution in [3.63, 3.8) is 0 Å². The maximum absolute atomic E-state index is 10.5. The van der Waals surface area contributed by atoms with Crippen LogP contribution in [0.1, 0.15) is 10.5 Å². The number of carbonyl (C=O) groups is 1. The second-order valence-corrected chi connectivity index (χ2v) is 3.72. The number of carboxylic acids is 1. The van der Waals surface area contributed by atoms with Crippen LogP contribution < -0.4 is 11.5 Å². The molecule has 0 fully saturated rings. The van der Waals surface area contributed by atoms with Crippen molar-refractivity contribution < 1.29 is 15.0 Å². The lowest BCUT2D eigenvalue weighted by Crippen LogP contribution is -2.04. The predicted molar refractivity (Wildman–Crippen MR) is 66.8 cm³/mol. The van der Waals surface area contributed by atoms with Crippen molar-refractivity contribution in [2.45, 2.75) is 0 Å². The highest BCUT2D eigenvalue weighted by Crippen LogP contribution is 2.34. The zero-order valence-corrected chi connectivity index (χ0v) is 10.7. The summed E-state index contributed by atoms with van der Waals surface area (Å²) in [6, 6.07) is 0. The summed E-state index contributed by atoms with van der Waals surface area (Å²) in [5.74, 6) is -1.31. The Hall–Kier alpha value is -0.790. The first kappa shape index (κ1) is 16.2. The van der Waals surface area contributed by atoms with Gasteiger partial charge in [-0.3, -0.25) is 0 Å². The molecule has 0 unspecified atom stereocenters.